The van der Waals surface area contributed by atoms with Crippen LogP contribution in [-0.4, -0.2) is 11.1 Å². The van der Waals surface area contributed by atoms with Gasteiger partial charge >= 0.3 is 5.97 Å². The molecule has 0 atom stereocenters. The molecular formula is C11H6Cl2O2S2. The van der Waals surface area contributed by atoms with Crippen molar-refractivity contribution in [3.05, 3.63) is 45.3 Å². The van der Waals surface area contributed by atoms with Crippen molar-refractivity contribution in [2.24, 2.45) is 0 Å². The van der Waals surface area contributed by atoms with Crippen molar-refractivity contribution in [3.63, 3.8) is 0 Å². The van der Waals surface area contributed by atoms with Crippen LogP contribution in [0.1, 0.15) is 10.4 Å². The summed E-state index contributed by atoms with van der Waals surface area (Å²) in [4.78, 5) is 11.7. The maximum Gasteiger partial charge on any atom is 0.337 e. The van der Waals surface area contributed by atoms with E-state index in [1.54, 1.807) is 29.6 Å². The van der Waals surface area contributed by atoms with E-state index >= 15 is 0 Å². The van der Waals surface area contributed by atoms with Gasteiger partial charge in [0.25, 0.3) is 0 Å². The second kappa shape index (κ2) is 5.31. The van der Waals surface area contributed by atoms with Crippen LogP contribution in [0.5, 0.6) is 0 Å². The van der Waals surface area contributed by atoms with E-state index in [0.29, 0.717) is 14.3 Å². The molecule has 0 aliphatic heterocycles. The van der Waals surface area contributed by atoms with E-state index < -0.39 is 5.97 Å². The fourth-order valence-corrected chi connectivity index (χ4v) is 3.71. The van der Waals surface area contributed by atoms with Gasteiger partial charge in [0.1, 0.15) is 0 Å². The van der Waals surface area contributed by atoms with Gasteiger partial charge in [0.2, 0.25) is 0 Å². The lowest BCUT2D eigenvalue weighted by molar-refractivity contribution is 0.0694. The second-order valence-corrected chi connectivity index (χ2v) is 6.17. The molecule has 1 aromatic heterocycles. The molecule has 0 aliphatic rings. The second-order valence-electron chi connectivity index (χ2n) is 3.10. The van der Waals surface area contributed by atoms with Crippen LogP contribution in [0.4, 0.5) is 0 Å². The number of aromatic carboxylic acids is 1. The summed E-state index contributed by atoms with van der Waals surface area (Å²) in [5, 5.41) is 11.9. The van der Waals surface area contributed by atoms with Crippen molar-refractivity contribution in [1.82, 2.24) is 0 Å². The fraction of sp³-hybridized carbons (Fsp3) is 0. The summed E-state index contributed by atoms with van der Waals surface area (Å²) in [6.45, 7) is 0. The van der Waals surface area contributed by atoms with Crippen molar-refractivity contribution in [1.29, 1.82) is 0 Å². The lowest BCUT2D eigenvalue weighted by atomic mass is 10.3. The maximum absolute atomic E-state index is 11.0. The Morgan fingerprint density at radius 1 is 1.29 bits per heavy atom. The van der Waals surface area contributed by atoms with Crippen molar-refractivity contribution in [2.45, 2.75) is 9.10 Å². The molecule has 2 aromatic rings. The summed E-state index contributed by atoms with van der Waals surface area (Å²) in [5.41, 5.74) is 0.288. The van der Waals surface area contributed by atoms with Gasteiger partial charge in [-0.3, -0.25) is 0 Å². The Kier molecular flexibility index (Phi) is 3.99. The Morgan fingerprint density at radius 3 is 2.76 bits per heavy atom. The van der Waals surface area contributed by atoms with E-state index in [9.17, 15) is 4.79 Å². The summed E-state index contributed by atoms with van der Waals surface area (Å²) in [7, 11) is 0. The van der Waals surface area contributed by atoms with Gasteiger partial charge in [0.15, 0.2) is 0 Å². The van der Waals surface area contributed by atoms with Crippen LogP contribution in [0.25, 0.3) is 0 Å². The predicted molar refractivity (Wildman–Crippen MR) is 71.9 cm³/mol. The lowest BCUT2D eigenvalue weighted by Gasteiger charge is -2.03. The normalized spacial score (nSPS) is 10.5. The molecule has 0 aliphatic carbocycles. The molecule has 0 saturated carbocycles. The van der Waals surface area contributed by atoms with E-state index in [-0.39, 0.29) is 5.56 Å². The van der Waals surface area contributed by atoms with Crippen molar-refractivity contribution < 1.29 is 9.90 Å². The van der Waals surface area contributed by atoms with Gasteiger partial charge < -0.3 is 5.11 Å². The topological polar surface area (TPSA) is 37.3 Å². The minimum Gasteiger partial charge on any atom is -0.478 e. The van der Waals surface area contributed by atoms with Crippen LogP contribution < -0.4 is 0 Å². The predicted octanol–water partition coefficient (Wildman–Crippen LogP) is 4.90. The first-order valence-corrected chi connectivity index (χ1v) is 6.97. The number of hydrogen-bond acceptors (Lipinski definition) is 3. The Labute approximate surface area is 116 Å². The molecule has 0 radical (unpaired) electrons. The summed E-state index contributed by atoms with van der Waals surface area (Å²) in [6, 6.07) is 6.69. The largest absolute Gasteiger partial charge is 0.478 e. The summed E-state index contributed by atoms with van der Waals surface area (Å²) in [5.74, 6) is -0.938. The van der Waals surface area contributed by atoms with Crippen LogP contribution in [0, 0.1) is 0 Å². The minimum atomic E-state index is -0.938. The van der Waals surface area contributed by atoms with Crippen LogP contribution in [-0.2, 0) is 0 Å². The van der Waals surface area contributed by atoms with E-state index in [4.69, 9.17) is 28.3 Å². The monoisotopic (exact) mass is 304 g/mol. The molecule has 1 heterocycles. The van der Waals surface area contributed by atoms with E-state index in [1.807, 2.05) is 0 Å². The Hall–Kier alpha value is -0.680. The Bertz CT molecular complexity index is 566. The Balaban J connectivity index is 2.34. The number of benzene rings is 1. The summed E-state index contributed by atoms with van der Waals surface area (Å²) < 4.78 is 0.696. The molecule has 0 unspecified atom stereocenters. The molecule has 0 amide bonds. The van der Waals surface area contributed by atoms with E-state index in [1.165, 1.54) is 23.1 Å². The van der Waals surface area contributed by atoms with Crippen molar-refractivity contribution >= 4 is 52.3 Å². The van der Waals surface area contributed by atoms with E-state index in [2.05, 4.69) is 0 Å². The van der Waals surface area contributed by atoms with Gasteiger partial charge in [0.05, 0.1) is 14.8 Å². The van der Waals surface area contributed by atoms with Gasteiger partial charge in [-0.15, -0.1) is 11.3 Å². The third-order valence-electron chi connectivity index (χ3n) is 1.96. The molecule has 2 rings (SSSR count). The summed E-state index contributed by atoms with van der Waals surface area (Å²) in [6.07, 6.45) is 0. The summed E-state index contributed by atoms with van der Waals surface area (Å²) >= 11 is 14.6. The molecule has 1 N–H and O–H groups in total. The molecule has 0 bridgehead atoms. The van der Waals surface area contributed by atoms with Gasteiger partial charge in [0, 0.05) is 9.92 Å². The van der Waals surface area contributed by atoms with E-state index in [0.717, 1.165) is 4.90 Å². The first-order valence-electron chi connectivity index (χ1n) is 4.51. The molecular weight excluding hydrogens is 299 g/mol. The SMILES string of the molecule is O=C(O)c1ccsc1Sc1cc(Cl)ccc1Cl. The standard InChI is InChI=1S/C11H6Cl2O2S2/c12-6-1-2-8(13)9(5-6)17-11-7(10(14)15)3-4-16-11/h1-5H,(H,14,15). The molecule has 2 nitrogen and oxygen atoms in total. The highest BCUT2D eigenvalue weighted by Crippen LogP contribution is 2.39. The fourth-order valence-electron chi connectivity index (χ4n) is 1.19. The van der Waals surface area contributed by atoms with Gasteiger partial charge in [-0.1, -0.05) is 35.0 Å². The van der Waals surface area contributed by atoms with Crippen LogP contribution in [0.3, 0.4) is 0 Å². The van der Waals surface area contributed by atoms with Crippen LogP contribution in [0.2, 0.25) is 10.0 Å². The highest BCUT2D eigenvalue weighted by molar-refractivity contribution is 8.01. The Morgan fingerprint density at radius 2 is 2.06 bits per heavy atom. The third-order valence-corrected chi connectivity index (χ3v) is 4.84. The smallest absolute Gasteiger partial charge is 0.337 e. The zero-order chi connectivity index (χ0) is 12.4. The zero-order valence-corrected chi connectivity index (χ0v) is 11.5. The molecule has 0 saturated heterocycles. The van der Waals surface area contributed by atoms with Crippen LogP contribution in [0.15, 0.2) is 38.8 Å². The number of carboxylic acid groups (broad SMARTS) is 1. The quantitative estimate of drug-likeness (QED) is 0.876. The highest BCUT2D eigenvalue weighted by Gasteiger charge is 2.14. The van der Waals surface area contributed by atoms with Crippen LogP contribution >= 0.6 is 46.3 Å². The first-order chi connectivity index (χ1) is 8.08. The maximum atomic E-state index is 11.0. The average molecular weight is 305 g/mol. The van der Waals surface area contributed by atoms with Gasteiger partial charge in [-0.2, -0.15) is 0 Å². The van der Waals surface area contributed by atoms with Gasteiger partial charge in [-0.05, 0) is 29.6 Å². The number of carboxylic acids is 1. The molecule has 1 aromatic carbocycles. The first kappa shape index (κ1) is 12.8. The molecule has 17 heavy (non-hydrogen) atoms. The molecule has 88 valence electrons. The average Bonchev–Trinajstić information content (AvgIpc) is 2.71. The number of carbonyl (C=O) groups is 1. The number of halogens is 2. The number of thiophene rings is 1. The zero-order valence-electron chi connectivity index (χ0n) is 8.31. The number of rotatable bonds is 3. The number of hydrogen-bond donors (Lipinski definition) is 1. The third kappa shape index (κ3) is 2.96. The lowest BCUT2D eigenvalue weighted by Crippen LogP contribution is -1.94. The molecule has 0 spiro atoms. The minimum absolute atomic E-state index is 0.288. The van der Waals surface area contributed by atoms with Gasteiger partial charge in [-0.25, -0.2) is 4.79 Å². The molecule has 0 fully saturated rings. The highest BCUT2D eigenvalue weighted by atomic mass is 35.5. The van der Waals surface area contributed by atoms with Crippen molar-refractivity contribution in [3.8, 4) is 0 Å². The van der Waals surface area contributed by atoms with Crippen molar-refractivity contribution in [2.75, 3.05) is 0 Å². The molecule has 6 heteroatoms.